The van der Waals surface area contributed by atoms with Crippen molar-refractivity contribution >= 4 is 52.2 Å². The molecule has 168 valence electrons. The molecule has 7 nitrogen and oxygen atoms in total. The van der Waals surface area contributed by atoms with E-state index in [-0.39, 0.29) is 28.2 Å². The molecule has 0 spiro atoms. The van der Waals surface area contributed by atoms with Gasteiger partial charge in [0, 0.05) is 6.54 Å². The van der Waals surface area contributed by atoms with Crippen LogP contribution in [0.15, 0.2) is 46.3 Å². The van der Waals surface area contributed by atoms with Crippen LogP contribution in [0.2, 0.25) is 5.02 Å². The van der Waals surface area contributed by atoms with Gasteiger partial charge >= 0.3 is 5.97 Å². The Balaban J connectivity index is 1.93. The summed E-state index contributed by atoms with van der Waals surface area (Å²) in [5, 5.41) is 9.50. The van der Waals surface area contributed by atoms with Crippen LogP contribution in [0, 0.1) is 5.82 Å². The topological polar surface area (TPSA) is 88.4 Å². The minimum Gasteiger partial charge on any atom is -0.490 e. The fraction of sp³-hybridized carbons (Fsp3) is 0.227. The normalized spacial score (nSPS) is 16.1. The highest BCUT2D eigenvalue weighted by atomic mass is 35.5. The molecule has 3 rings (SSSR count). The van der Waals surface area contributed by atoms with E-state index < -0.39 is 12.6 Å². The van der Waals surface area contributed by atoms with E-state index in [1.165, 1.54) is 40.9 Å². The number of amides is 1. The molecule has 0 bridgehead atoms. The minimum atomic E-state index is -1.14. The average Bonchev–Trinajstić information content (AvgIpc) is 3.03. The molecule has 0 atom stereocenters. The van der Waals surface area contributed by atoms with E-state index in [9.17, 15) is 14.0 Å². The number of carboxylic acids is 1. The number of aliphatic imine (C=N–C) groups is 1. The number of carbonyl (C=O) groups excluding carboxylic acids is 1. The van der Waals surface area contributed by atoms with Crippen molar-refractivity contribution in [3.8, 4) is 11.5 Å². The van der Waals surface area contributed by atoms with Gasteiger partial charge < -0.3 is 14.6 Å². The van der Waals surface area contributed by atoms with Crippen molar-refractivity contribution in [1.82, 2.24) is 4.90 Å². The first-order valence-corrected chi connectivity index (χ1v) is 10.9. The molecule has 2 aromatic carbocycles. The maximum atomic E-state index is 13.2. The van der Waals surface area contributed by atoms with Crippen LogP contribution < -0.4 is 9.47 Å². The number of rotatable bonds is 8. The molecule has 0 aromatic heterocycles. The number of carboxylic acid groups (broad SMARTS) is 1. The summed E-state index contributed by atoms with van der Waals surface area (Å²) in [6, 6.07) is 8.87. The van der Waals surface area contributed by atoms with Crippen molar-refractivity contribution < 1.29 is 28.6 Å². The second kappa shape index (κ2) is 10.5. The van der Waals surface area contributed by atoms with Crippen molar-refractivity contribution in [3.63, 3.8) is 0 Å². The molecule has 1 saturated heterocycles. The number of carbonyl (C=O) groups is 2. The van der Waals surface area contributed by atoms with Crippen molar-refractivity contribution in [2.24, 2.45) is 4.99 Å². The molecule has 1 heterocycles. The molecule has 0 radical (unpaired) electrons. The Morgan fingerprint density at radius 3 is 2.59 bits per heavy atom. The second-order valence-corrected chi connectivity index (χ2v) is 7.89. The minimum absolute atomic E-state index is 0.122. The lowest BCUT2D eigenvalue weighted by atomic mass is 10.1. The van der Waals surface area contributed by atoms with Gasteiger partial charge in [-0.2, -0.15) is 0 Å². The van der Waals surface area contributed by atoms with Gasteiger partial charge in [0.25, 0.3) is 5.91 Å². The zero-order chi connectivity index (χ0) is 23.3. The highest BCUT2D eigenvalue weighted by Crippen LogP contribution is 2.39. The first-order valence-electron chi connectivity index (χ1n) is 9.69. The van der Waals surface area contributed by atoms with E-state index in [4.69, 9.17) is 26.2 Å². The molecule has 1 fully saturated rings. The molecule has 2 aromatic rings. The number of halogens is 2. The predicted molar refractivity (Wildman–Crippen MR) is 122 cm³/mol. The monoisotopic (exact) mass is 478 g/mol. The third-order valence-corrected chi connectivity index (χ3v) is 5.51. The standard InChI is InChI=1S/C22H20ClFN2O5S/c1-3-26-21(29)18(32-22(26)25-15-7-5-14(24)6-8-15)11-13-9-16(23)20(31-12-19(27)28)17(10-13)30-4-2/h5-11H,3-4,12H2,1-2H3,(H,27,28)/b18-11+,25-22?. The third kappa shape index (κ3) is 5.60. The van der Waals surface area contributed by atoms with Crippen LogP contribution in [0.4, 0.5) is 10.1 Å². The Hall–Kier alpha value is -3.04. The lowest BCUT2D eigenvalue weighted by Crippen LogP contribution is -2.28. The molecule has 1 N–H and O–H groups in total. The van der Waals surface area contributed by atoms with E-state index in [2.05, 4.69) is 4.99 Å². The van der Waals surface area contributed by atoms with Gasteiger partial charge in [-0.25, -0.2) is 14.2 Å². The summed E-state index contributed by atoms with van der Waals surface area (Å²) in [5.41, 5.74) is 1.11. The zero-order valence-electron chi connectivity index (χ0n) is 17.3. The molecular formula is C22H20ClFN2O5S. The van der Waals surface area contributed by atoms with Gasteiger partial charge in [-0.3, -0.25) is 9.69 Å². The number of aliphatic carboxylic acids is 1. The van der Waals surface area contributed by atoms with Gasteiger partial charge in [0.05, 0.1) is 22.2 Å². The summed E-state index contributed by atoms with van der Waals surface area (Å²) in [6.45, 7) is 3.76. The summed E-state index contributed by atoms with van der Waals surface area (Å²) >= 11 is 7.49. The summed E-state index contributed by atoms with van der Waals surface area (Å²) < 4.78 is 24.0. The smallest absolute Gasteiger partial charge is 0.341 e. The van der Waals surface area contributed by atoms with Crippen molar-refractivity contribution in [2.75, 3.05) is 19.8 Å². The first kappa shape index (κ1) is 23.6. The van der Waals surface area contributed by atoms with Gasteiger partial charge in [-0.15, -0.1) is 0 Å². The van der Waals surface area contributed by atoms with E-state index in [0.717, 1.165) is 0 Å². The number of nitrogens with zero attached hydrogens (tertiary/aromatic N) is 2. The lowest BCUT2D eigenvalue weighted by molar-refractivity contribution is -0.139. The highest BCUT2D eigenvalue weighted by molar-refractivity contribution is 8.18. The molecule has 10 heteroatoms. The van der Waals surface area contributed by atoms with Gasteiger partial charge in [0.2, 0.25) is 0 Å². The van der Waals surface area contributed by atoms with Crippen molar-refractivity contribution in [1.29, 1.82) is 0 Å². The van der Waals surface area contributed by atoms with Crippen LogP contribution in [-0.2, 0) is 9.59 Å². The number of hydrogen-bond acceptors (Lipinski definition) is 6. The van der Waals surface area contributed by atoms with E-state index in [0.29, 0.717) is 34.5 Å². The average molecular weight is 479 g/mol. The van der Waals surface area contributed by atoms with Crippen LogP contribution in [-0.4, -0.2) is 46.8 Å². The molecule has 0 unspecified atom stereocenters. The largest absolute Gasteiger partial charge is 0.490 e. The van der Waals surface area contributed by atoms with Gasteiger partial charge in [-0.1, -0.05) is 11.6 Å². The number of benzene rings is 2. The fourth-order valence-electron chi connectivity index (χ4n) is 2.86. The number of hydrogen-bond donors (Lipinski definition) is 1. The fourth-order valence-corrected chi connectivity index (χ4v) is 4.19. The van der Waals surface area contributed by atoms with Gasteiger partial charge in [0.1, 0.15) is 5.82 Å². The molecule has 1 aliphatic heterocycles. The van der Waals surface area contributed by atoms with E-state index >= 15 is 0 Å². The first-order chi connectivity index (χ1) is 15.3. The molecule has 1 aliphatic rings. The molecule has 0 saturated carbocycles. The SMILES string of the molecule is CCOc1cc(/C=C2/SC(=Nc3ccc(F)cc3)N(CC)C2=O)cc(Cl)c1OCC(=O)O. The van der Waals surface area contributed by atoms with Crippen LogP contribution >= 0.6 is 23.4 Å². The zero-order valence-corrected chi connectivity index (χ0v) is 18.9. The van der Waals surface area contributed by atoms with Crippen LogP contribution in [0.3, 0.4) is 0 Å². The van der Waals surface area contributed by atoms with Gasteiger partial charge in [-0.05, 0) is 73.6 Å². The maximum Gasteiger partial charge on any atom is 0.341 e. The number of ether oxygens (including phenoxy) is 2. The van der Waals surface area contributed by atoms with Crippen molar-refractivity contribution in [3.05, 3.63) is 57.7 Å². The number of amidine groups is 1. The molecular weight excluding hydrogens is 459 g/mol. The molecule has 1 amide bonds. The van der Waals surface area contributed by atoms with Crippen LogP contribution in [0.5, 0.6) is 11.5 Å². The molecule has 0 aliphatic carbocycles. The number of likely N-dealkylation sites (N-methyl/N-ethyl adjacent to an activating group) is 1. The van der Waals surface area contributed by atoms with Crippen LogP contribution in [0.25, 0.3) is 6.08 Å². The summed E-state index contributed by atoms with van der Waals surface area (Å²) in [4.78, 5) is 30.1. The summed E-state index contributed by atoms with van der Waals surface area (Å²) in [6.07, 6.45) is 1.65. The lowest BCUT2D eigenvalue weighted by Gasteiger charge is -2.13. The Morgan fingerprint density at radius 2 is 1.97 bits per heavy atom. The van der Waals surface area contributed by atoms with E-state index in [1.807, 2.05) is 6.92 Å². The second-order valence-electron chi connectivity index (χ2n) is 6.48. The Bertz CT molecular complexity index is 1090. The van der Waals surface area contributed by atoms with E-state index in [1.54, 1.807) is 25.1 Å². The summed E-state index contributed by atoms with van der Waals surface area (Å²) in [7, 11) is 0. The Labute approximate surface area is 193 Å². The Morgan fingerprint density at radius 1 is 1.25 bits per heavy atom. The maximum absolute atomic E-state index is 13.2. The van der Waals surface area contributed by atoms with Crippen LogP contribution in [0.1, 0.15) is 19.4 Å². The highest BCUT2D eigenvalue weighted by Gasteiger charge is 2.32. The Kier molecular flexibility index (Phi) is 7.76. The van der Waals surface area contributed by atoms with Crippen molar-refractivity contribution in [2.45, 2.75) is 13.8 Å². The molecule has 32 heavy (non-hydrogen) atoms. The quantitative estimate of drug-likeness (QED) is 0.539. The third-order valence-electron chi connectivity index (χ3n) is 4.23. The van der Waals surface area contributed by atoms with Gasteiger partial charge in [0.15, 0.2) is 23.3 Å². The number of thioether (sulfide) groups is 1. The predicted octanol–water partition coefficient (Wildman–Crippen LogP) is 4.97. The summed E-state index contributed by atoms with van der Waals surface area (Å²) in [5.74, 6) is -1.34.